The van der Waals surface area contributed by atoms with Gasteiger partial charge in [-0.15, -0.1) is 0 Å². The summed E-state index contributed by atoms with van der Waals surface area (Å²) < 4.78 is 9.83. The monoisotopic (exact) mass is 256 g/mol. The van der Waals surface area contributed by atoms with Crippen molar-refractivity contribution in [2.45, 2.75) is 52.4 Å². The SMILES string of the molecule is CCOC(=O)CC[C@@H]1CC[C@@H]1CCC(=O)OCC. The molecule has 18 heavy (non-hydrogen) atoms. The van der Waals surface area contributed by atoms with E-state index in [2.05, 4.69) is 0 Å². The van der Waals surface area contributed by atoms with E-state index in [0.29, 0.717) is 37.9 Å². The molecule has 1 rings (SSSR count). The van der Waals surface area contributed by atoms with Crippen molar-refractivity contribution in [2.75, 3.05) is 13.2 Å². The Morgan fingerprint density at radius 3 is 1.56 bits per heavy atom. The van der Waals surface area contributed by atoms with Gasteiger partial charge in [0.05, 0.1) is 13.2 Å². The van der Waals surface area contributed by atoms with Gasteiger partial charge in [0.2, 0.25) is 0 Å². The van der Waals surface area contributed by atoms with E-state index < -0.39 is 0 Å². The highest BCUT2D eigenvalue weighted by molar-refractivity contribution is 5.69. The highest BCUT2D eigenvalue weighted by atomic mass is 16.5. The molecule has 0 spiro atoms. The summed E-state index contributed by atoms with van der Waals surface area (Å²) in [7, 11) is 0. The Bertz CT molecular complexity index is 247. The van der Waals surface area contributed by atoms with Gasteiger partial charge >= 0.3 is 11.9 Å². The van der Waals surface area contributed by atoms with E-state index in [9.17, 15) is 9.59 Å². The lowest BCUT2D eigenvalue weighted by atomic mass is 9.69. The normalized spacial score (nSPS) is 22.1. The molecule has 0 amide bonds. The average Bonchev–Trinajstić information content (AvgIpc) is 2.28. The summed E-state index contributed by atoms with van der Waals surface area (Å²) in [6.45, 7) is 4.55. The predicted octanol–water partition coefficient (Wildman–Crippen LogP) is 2.70. The molecule has 0 aromatic rings. The summed E-state index contributed by atoms with van der Waals surface area (Å²) in [5.41, 5.74) is 0. The second kappa shape index (κ2) is 8.11. The van der Waals surface area contributed by atoms with Crippen LogP contribution in [0.1, 0.15) is 52.4 Å². The van der Waals surface area contributed by atoms with Gasteiger partial charge in [0.15, 0.2) is 0 Å². The van der Waals surface area contributed by atoms with Gasteiger partial charge in [0.25, 0.3) is 0 Å². The molecule has 1 aliphatic rings. The number of hydrogen-bond acceptors (Lipinski definition) is 4. The van der Waals surface area contributed by atoms with Crippen molar-refractivity contribution in [1.29, 1.82) is 0 Å². The molecule has 0 bridgehead atoms. The molecule has 4 heteroatoms. The number of carbonyl (C=O) groups excluding carboxylic acids is 2. The van der Waals surface area contributed by atoms with Crippen molar-refractivity contribution in [2.24, 2.45) is 11.8 Å². The van der Waals surface area contributed by atoms with Crippen LogP contribution in [0.4, 0.5) is 0 Å². The van der Waals surface area contributed by atoms with E-state index in [0.717, 1.165) is 12.8 Å². The van der Waals surface area contributed by atoms with Crippen molar-refractivity contribution in [1.82, 2.24) is 0 Å². The van der Waals surface area contributed by atoms with Gasteiger partial charge < -0.3 is 9.47 Å². The van der Waals surface area contributed by atoms with E-state index in [1.54, 1.807) is 0 Å². The first kappa shape index (κ1) is 15.0. The minimum Gasteiger partial charge on any atom is -0.466 e. The first-order valence-corrected chi connectivity index (χ1v) is 6.98. The summed E-state index contributed by atoms with van der Waals surface area (Å²) >= 11 is 0. The number of ether oxygens (including phenoxy) is 2. The lowest BCUT2D eigenvalue weighted by Crippen LogP contribution is -2.27. The molecular formula is C14H24O4. The number of carbonyl (C=O) groups is 2. The molecule has 0 aromatic carbocycles. The minimum absolute atomic E-state index is 0.103. The molecule has 0 N–H and O–H groups in total. The summed E-state index contributed by atoms with van der Waals surface area (Å²) in [6, 6.07) is 0. The third kappa shape index (κ3) is 5.07. The van der Waals surface area contributed by atoms with Gasteiger partial charge in [-0.1, -0.05) is 0 Å². The maximum atomic E-state index is 11.2. The zero-order valence-corrected chi connectivity index (χ0v) is 11.4. The fourth-order valence-electron chi connectivity index (χ4n) is 2.47. The molecule has 1 aliphatic carbocycles. The van der Waals surface area contributed by atoms with Gasteiger partial charge in [-0.3, -0.25) is 9.59 Å². The Morgan fingerprint density at radius 2 is 1.28 bits per heavy atom. The summed E-state index contributed by atoms with van der Waals surface area (Å²) in [5, 5.41) is 0. The van der Waals surface area contributed by atoms with Gasteiger partial charge in [-0.2, -0.15) is 0 Å². The highest BCUT2D eigenvalue weighted by Crippen LogP contribution is 2.40. The van der Waals surface area contributed by atoms with E-state index in [4.69, 9.17) is 9.47 Å². The third-order valence-electron chi connectivity index (χ3n) is 3.62. The molecule has 0 unspecified atom stereocenters. The summed E-state index contributed by atoms with van der Waals surface area (Å²) in [6.07, 6.45) is 5.15. The molecule has 4 nitrogen and oxygen atoms in total. The van der Waals surface area contributed by atoms with Gasteiger partial charge in [-0.25, -0.2) is 0 Å². The van der Waals surface area contributed by atoms with Crippen LogP contribution in [0.3, 0.4) is 0 Å². The molecule has 1 fully saturated rings. The first-order valence-electron chi connectivity index (χ1n) is 6.98. The fraction of sp³-hybridized carbons (Fsp3) is 0.857. The maximum absolute atomic E-state index is 11.2. The fourth-order valence-corrected chi connectivity index (χ4v) is 2.47. The van der Waals surface area contributed by atoms with Crippen LogP contribution in [-0.4, -0.2) is 25.2 Å². The predicted molar refractivity (Wildman–Crippen MR) is 67.9 cm³/mol. The zero-order chi connectivity index (χ0) is 13.4. The maximum Gasteiger partial charge on any atom is 0.305 e. The van der Waals surface area contributed by atoms with Crippen molar-refractivity contribution < 1.29 is 19.1 Å². The summed E-state index contributed by atoms with van der Waals surface area (Å²) in [4.78, 5) is 22.5. The average molecular weight is 256 g/mol. The van der Waals surface area contributed by atoms with E-state index in [1.807, 2.05) is 13.8 Å². The Balaban J connectivity index is 2.13. The minimum atomic E-state index is -0.103. The van der Waals surface area contributed by atoms with E-state index in [1.165, 1.54) is 12.8 Å². The first-order chi connectivity index (χ1) is 8.67. The van der Waals surface area contributed by atoms with Crippen molar-refractivity contribution >= 4 is 11.9 Å². The Kier molecular flexibility index (Phi) is 6.76. The van der Waals surface area contributed by atoms with Gasteiger partial charge in [0, 0.05) is 12.8 Å². The number of rotatable bonds is 8. The van der Waals surface area contributed by atoms with E-state index in [-0.39, 0.29) is 11.9 Å². The standard InChI is InChI=1S/C14H24O4/c1-3-17-13(15)9-7-11-5-6-12(11)8-10-14(16)18-4-2/h11-12H,3-10H2,1-2H3/t11-,12+. The number of esters is 2. The molecule has 0 aromatic heterocycles. The molecule has 0 heterocycles. The van der Waals surface area contributed by atoms with Crippen LogP contribution in [0, 0.1) is 11.8 Å². The van der Waals surface area contributed by atoms with Crippen LogP contribution in [0.15, 0.2) is 0 Å². The molecule has 104 valence electrons. The van der Waals surface area contributed by atoms with Crippen LogP contribution >= 0.6 is 0 Å². The Morgan fingerprint density at radius 1 is 0.889 bits per heavy atom. The highest BCUT2D eigenvalue weighted by Gasteiger charge is 2.31. The lowest BCUT2D eigenvalue weighted by molar-refractivity contribution is -0.145. The Labute approximate surface area is 109 Å². The third-order valence-corrected chi connectivity index (χ3v) is 3.62. The van der Waals surface area contributed by atoms with Crippen LogP contribution in [0.25, 0.3) is 0 Å². The molecule has 0 saturated heterocycles. The van der Waals surface area contributed by atoms with Crippen LogP contribution in [0.5, 0.6) is 0 Å². The molecule has 1 saturated carbocycles. The van der Waals surface area contributed by atoms with Crippen molar-refractivity contribution in [3.8, 4) is 0 Å². The van der Waals surface area contributed by atoms with Crippen LogP contribution in [-0.2, 0) is 19.1 Å². The lowest BCUT2D eigenvalue weighted by Gasteiger charge is -2.36. The number of hydrogen-bond donors (Lipinski definition) is 0. The second-order valence-corrected chi connectivity index (χ2v) is 4.78. The zero-order valence-electron chi connectivity index (χ0n) is 11.4. The van der Waals surface area contributed by atoms with Gasteiger partial charge in [0.1, 0.15) is 0 Å². The summed E-state index contributed by atoms with van der Waals surface area (Å²) in [5.74, 6) is 0.967. The molecule has 0 radical (unpaired) electrons. The largest absolute Gasteiger partial charge is 0.466 e. The van der Waals surface area contributed by atoms with Gasteiger partial charge in [-0.05, 0) is 51.4 Å². The van der Waals surface area contributed by atoms with Crippen molar-refractivity contribution in [3.63, 3.8) is 0 Å². The smallest absolute Gasteiger partial charge is 0.305 e. The van der Waals surface area contributed by atoms with Crippen LogP contribution in [0.2, 0.25) is 0 Å². The van der Waals surface area contributed by atoms with E-state index >= 15 is 0 Å². The second-order valence-electron chi connectivity index (χ2n) is 4.78. The molecule has 2 atom stereocenters. The van der Waals surface area contributed by atoms with Crippen molar-refractivity contribution in [3.05, 3.63) is 0 Å². The quantitative estimate of drug-likeness (QED) is 0.626. The molecule has 0 aliphatic heterocycles. The molecular weight excluding hydrogens is 232 g/mol. The topological polar surface area (TPSA) is 52.6 Å². The Hall–Kier alpha value is -1.06. The van der Waals surface area contributed by atoms with Crippen LogP contribution < -0.4 is 0 Å².